The van der Waals surface area contributed by atoms with Crippen molar-refractivity contribution in [3.8, 4) is 17.7 Å². The summed E-state index contributed by atoms with van der Waals surface area (Å²) >= 11 is 5.69. The third kappa shape index (κ3) is 2.72. The van der Waals surface area contributed by atoms with Gasteiger partial charge in [0, 0.05) is 6.07 Å². The van der Waals surface area contributed by atoms with Gasteiger partial charge >= 0.3 is 0 Å². The highest BCUT2D eigenvalue weighted by atomic mass is 35.5. The van der Waals surface area contributed by atoms with Gasteiger partial charge in [0.25, 0.3) is 0 Å². The summed E-state index contributed by atoms with van der Waals surface area (Å²) in [6.07, 6.45) is 0. The van der Waals surface area contributed by atoms with E-state index < -0.39 is 5.82 Å². The van der Waals surface area contributed by atoms with Gasteiger partial charge in [-0.1, -0.05) is 0 Å². The molecule has 2 N–H and O–H groups in total. The molecule has 0 bridgehead atoms. The summed E-state index contributed by atoms with van der Waals surface area (Å²) in [5.41, 5.74) is 6.35. The second-order valence-electron chi connectivity index (χ2n) is 3.65. The Balaban J connectivity index is 2.37. The number of aromatic nitrogens is 2. The highest BCUT2D eigenvalue weighted by Crippen LogP contribution is 2.28. The van der Waals surface area contributed by atoms with Crippen LogP contribution in [0.1, 0.15) is 11.3 Å². The topological polar surface area (TPSA) is 84.8 Å². The molecule has 0 aliphatic heterocycles. The number of rotatable bonds is 2. The lowest BCUT2D eigenvalue weighted by atomic mass is 10.2. The molecule has 0 saturated carbocycles. The quantitative estimate of drug-likeness (QED) is 0.854. The Morgan fingerprint density at radius 1 is 1.42 bits per heavy atom. The minimum atomic E-state index is -0.685. The predicted molar refractivity (Wildman–Crippen MR) is 67.4 cm³/mol. The van der Waals surface area contributed by atoms with E-state index in [1.807, 2.05) is 0 Å². The van der Waals surface area contributed by atoms with Crippen LogP contribution in [0.5, 0.6) is 11.6 Å². The normalized spacial score (nSPS) is 10.0. The summed E-state index contributed by atoms with van der Waals surface area (Å²) in [7, 11) is 0. The van der Waals surface area contributed by atoms with Gasteiger partial charge < -0.3 is 10.5 Å². The van der Waals surface area contributed by atoms with E-state index in [-0.39, 0.29) is 28.2 Å². The number of nitrogen functional groups attached to an aromatic ring is 1. The van der Waals surface area contributed by atoms with Crippen LogP contribution in [-0.4, -0.2) is 9.97 Å². The van der Waals surface area contributed by atoms with E-state index in [9.17, 15) is 4.39 Å². The minimum Gasteiger partial charge on any atom is -0.437 e. The molecule has 2 rings (SSSR count). The van der Waals surface area contributed by atoms with E-state index in [1.54, 1.807) is 13.0 Å². The molecule has 96 valence electrons. The number of nitrogens with zero attached hydrogens (tertiary/aromatic N) is 3. The number of halogens is 2. The van der Waals surface area contributed by atoms with Crippen LogP contribution >= 0.6 is 11.6 Å². The minimum absolute atomic E-state index is 0.0178. The largest absolute Gasteiger partial charge is 0.437 e. The monoisotopic (exact) mass is 278 g/mol. The third-order valence-corrected chi connectivity index (χ3v) is 2.52. The number of aryl methyl sites for hydroxylation is 1. The van der Waals surface area contributed by atoms with Crippen LogP contribution in [0.2, 0.25) is 5.28 Å². The van der Waals surface area contributed by atoms with Gasteiger partial charge in [0.05, 0.1) is 11.3 Å². The Bertz CT molecular complexity index is 684. The summed E-state index contributed by atoms with van der Waals surface area (Å²) in [6.45, 7) is 1.65. The van der Waals surface area contributed by atoms with Crippen molar-refractivity contribution in [2.24, 2.45) is 0 Å². The Morgan fingerprint density at radius 3 is 2.79 bits per heavy atom. The molecular weight excluding hydrogens is 271 g/mol. The van der Waals surface area contributed by atoms with Crippen LogP contribution in [0.25, 0.3) is 0 Å². The van der Waals surface area contributed by atoms with Crippen molar-refractivity contribution < 1.29 is 9.13 Å². The maximum absolute atomic E-state index is 13.4. The van der Waals surface area contributed by atoms with Gasteiger partial charge in [0.15, 0.2) is 0 Å². The molecule has 7 heteroatoms. The maximum atomic E-state index is 13.4. The summed E-state index contributed by atoms with van der Waals surface area (Å²) in [5, 5.41) is 8.61. The highest BCUT2D eigenvalue weighted by molar-refractivity contribution is 6.28. The van der Waals surface area contributed by atoms with Gasteiger partial charge in [-0.05, 0) is 30.7 Å². The Morgan fingerprint density at radius 2 is 2.16 bits per heavy atom. The molecule has 1 aromatic carbocycles. The van der Waals surface area contributed by atoms with Crippen LogP contribution in [0.4, 0.5) is 10.1 Å². The first-order valence-electron chi connectivity index (χ1n) is 5.18. The van der Waals surface area contributed by atoms with Crippen molar-refractivity contribution >= 4 is 17.3 Å². The summed E-state index contributed by atoms with van der Waals surface area (Å²) in [4.78, 5) is 7.67. The number of nitriles is 1. The van der Waals surface area contributed by atoms with Crippen molar-refractivity contribution in [3.63, 3.8) is 0 Å². The lowest BCUT2D eigenvalue weighted by Gasteiger charge is -2.09. The fourth-order valence-electron chi connectivity index (χ4n) is 1.36. The first-order chi connectivity index (χ1) is 9.01. The Kier molecular flexibility index (Phi) is 3.49. The van der Waals surface area contributed by atoms with E-state index in [4.69, 9.17) is 27.3 Å². The fraction of sp³-hybridized carbons (Fsp3) is 0.0833. The van der Waals surface area contributed by atoms with E-state index in [0.717, 1.165) is 6.07 Å². The summed E-state index contributed by atoms with van der Waals surface area (Å²) in [6, 6.07) is 5.53. The first kappa shape index (κ1) is 13.1. The molecule has 0 unspecified atom stereocenters. The Labute approximate surface area is 113 Å². The zero-order chi connectivity index (χ0) is 14.0. The van der Waals surface area contributed by atoms with Crippen molar-refractivity contribution in [1.29, 1.82) is 5.26 Å². The van der Waals surface area contributed by atoms with Crippen molar-refractivity contribution in [1.82, 2.24) is 9.97 Å². The molecule has 0 aliphatic rings. The van der Waals surface area contributed by atoms with E-state index in [0.29, 0.717) is 5.69 Å². The lowest BCUT2D eigenvalue weighted by molar-refractivity contribution is 0.458. The number of hydrogen-bond acceptors (Lipinski definition) is 5. The molecule has 0 spiro atoms. The van der Waals surface area contributed by atoms with Crippen LogP contribution in [0, 0.1) is 24.1 Å². The molecule has 0 radical (unpaired) electrons. The molecule has 2 aromatic rings. The Hall–Kier alpha value is -2.39. The molecule has 1 heterocycles. The standard InChI is InChI=1S/C12H8ClFN4O/c1-6-10(16)11(18-12(13)17-6)19-8-3-2-7(5-15)9(14)4-8/h2-4H,16H2,1H3. The smallest absolute Gasteiger partial charge is 0.247 e. The van der Waals surface area contributed by atoms with Gasteiger partial charge in [-0.2, -0.15) is 10.2 Å². The van der Waals surface area contributed by atoms with Crippen LogP contribution in [0.3, 0.4) is 0 Å². The highest BCUT2D eigenvalue weighted by Gasteiger charge is 2.11. The van der Waals surface area contributed by atoms with Gasteiger partial charge in [-0.25, -0.2) is 9.37 Å². The molecule has 1 aromatic heterocycles. The lowest BCUT2D eigenvalue weighted by Crippen LogP contribution is -2.01. The average molecular weight is 279 g/mol. The van der Waals surface area contributed by atoms with Crippen LogP contribution in [-0.2, 0) is 0 Å². The van der Waals surface area contributed by atoms with Gasteiger partial charge in [0.2, 0.25) is 11.2 Å². The van der Waals surface area contributed by atoms with Gasteiger partial charge in [0.1, 0.15) is 23.3 Å². The first-order valence-corrected chi connectivity index (χ1v) is 5.56. The maximum Gasteiger partial charge on any atom is 0.247 e. The molecule has 0 saturated heterocycles. The summed E-state index contributed by atoms with van der Waals surface area (Å²) in [5.74, 6) is -0.477. The van der Waals surface area contributed by atoms with Crippen molar-refractivity contribution in [3.05, 3.63) is 40.6 Å². The van der Waals surface area contributed by atoms with Gasteiger partial charge in [-0.3, -0.25) is 0 Å². The van der Waals surface area contributed by atoms with Gasteiger partial charge in [-0.15, -0.1) is 0 Å². The average Bonchev–Trinajstić information content (AvgIpc) is 2.35. The number of anilines is 1. The molecular formula is C12H8ClFN4O. The zero-order valence-corrected chi connectivity index (χ0v) is 10.6. The fourth-order valence-corrected chi connectivity index (χ4v) is 1.57. The predicted octanol–water partition coefficient (Wildman–Crippen LogP) is 2.82. The molecule has 0 atom stereocenters. The number of benzene rings is 1. The molecule has 0 fully saturated rings. The molecule has 0 amide bonds. The van der Waals surface area contributed by atoms with E-state index >= 15 is 0 Å². The summed E-state index contributed by atoms with van der Waals surface area (Å²) < 4.78 is 18.8. The number of nitrogens with two attached hydrogens (primary N) is 1. The second kappa shape index (κ2) is 5.08. The molecule has 5 nitrogen and oxygen atoms in total. The van der Waals surface area contributed by atoms with Crippen LogP contribution in [0.15, 0.2) is 18.2 Å². The van der Waals surface area contributed by atoms with E-state index in [2.05, 4.69) is 9.97 Å². The number of hydrogen-bond donors (Lipinski definition) is 1. The van der Waals surface area contributed by atoms with Crippen LogP contribution < -0.4 is 10.5 Å². The number of ether oxygens (including phenoxy) is 1. The molecule has 0 aliphatic carbocycles. The molecule has 19 heavy (non-hydrogen) atoms. The third-order valence-electron chi connectivity index (χ3n) is 2.35. The zero-order valence-electron chi connectivity index (χ0n) is 9.82. The second-order valence-corrected chi connectivity index (χ2v) is 3.99. The van der Waals surface area contributed by atoms with Crippen molar-refractivity contribution in [2.45, 2.75) is 6.92 Å². The SMILES string of the molecule is Cc1nc(Cl)nc(Oc2ccc(C#N)c(F)c2)c1N. The van der Waals surface area contributed by atoms with Crippen molar-refractivity contribution in [2.75, 3.05) is 5.73 Å². The van der Waals surface area contributed by atoms with E-state index in [1.165, 1.54) is 12.1 Å².